The summed E-state index contributed by atoms with van der Waals surface area (Å²) in [6.07, 6.45) is 2.95. The van der Waals surface area contributed by atoms with Crippen LogP contribution in [0.5, 0.6) is 0 Å². The Kier molecular flexibility index (Phi) is 13.7. The molecule has 4 nitrogen and oxygen atoms in total. The fourth-order valence-corrected chi connectivity index (χ4v) is 1.34. The molecule has 0 fully saturated rings. The van der Waals surface area contributed by atoms with Crippen molar-refractivity contribution >= 4 is 30.7 Å². The number of carbonyl (C=O) groups is 1. The number of nitrogens with zero attached hydrogens (tertiary/aromatic N) is 1. The Bertz CT molecular complexity index is 309. The Balaban J connectivity index is 0. The molecule has 1 aromatic heterocycles. The summed E-state index contributed by atoms with van der Waals surface area (Å²) >= 11 is 0. The molecule has 1 aromatic rings. The molecule has 0 spiro atoms. The minimum absolute atomic E-state index is 0. The van der Waals surface area contributed by atoms with E-state index in [9.17, 15) is 4.79 Å². The quantitative estimate of drug-likeness (QED) is 0.751. The third kappa shape index (κ3) is 9.22. The van der Waals surface area contributed by atoms with Gasteiger partial charge in [0.15, 0.2) is 0 Å². The number of carbonyl (C=O) groups excluding carboxylic acids is 1. The molecule has 0 aliphatic rings. The first-order chi connectivity index (χ1) is 7.83. The van der Waals surface area contributed by atoms with Gasteiger partial charge in [-0.05, 0) is 25.1 Å². The van der Waals surface area contributed by atoms with Crippen molar-refractivity contribution in [1.82, 2.24) is 15.6 Å². The zero-order valence-corrected chi connectivity index (χ0v) is 12.1. The van der Waals surface area contributed by atoms with E-state index in [0.29, 0.717) is 19.4 Å². The Morgan fingerprint density at radius 2 is 2.06 bits per heavy atom. The predicted octanol–water partition coefficient (Wildman–Crippen LogP) is 1.58. The summed E-state index contributed by atoms with van der Waals surface area (Å²) in [5.74, 6) is 0.0866. The lowest BCUT2D eigenvalue weighted by atomic mass is 10.2. The molecular weight excluding hydrogens is 273 g/mol. The van der Waals surface area contributed by atoms with Gasteiger partial charge >= 0.3 is 0 Å². The van der Waals surface area contributed by atoms with Crippen LogP contribution in [0.1, 0.15) is 19.0 Å². The van der Waals surface area contributed by atoms with Crippen LogP contribution in [0.3, 0.4) is 0 Å². The first kappa shape index (κ1) is 19.5. The maximum atomic E-state index is 11.4. The van der Waals surface area contributed by atoms with Gasteiger partial charge in [-0.3, -0.25) is 9.78 Å². The van der Waals surface area contributed by atoms with E-state index >= 15 is 0 Å². The second-order valence-corrected chi connectivity index (χ2v) is 3.52. The van der Waals surface area contributed by atoms with Crippen LogP contribution in [-0.4, -0.2) is 30.5 Å². The lowest BCUT2D eigenvalue weighted by molar-refractivity contribution is -0.121. The number of hydrogen-bond acceptors (Lipinski definition) is 3. The number of halogens is 2. The first-order valence-corrected chi connectivity index (χ1v) is 5.70. The molecule has 0 unspecified atom stereocenters. The van der Waals surface area contributed by atoms with Gasteiger partial charge in [-0.2, -0.15) is 0 Å². The second-order valence-electron chi connectivity index (χ2n) is 3.52. The maximum Gasteiger partial charge on any atom is 0.220 e. The summed E-state index contributed by atoms with van der Waals surface area (Å²) in [5.41, 5.74) is 0.962. The zero-order chi connectivity index (χ0) is 11.6. The summed E-state index contributed by atoms with van der Waals surface area (Å²) < 4.78 is 0. The van der Waals surface area contributed by atoms with Gasteiger partial charge in [0, 0.05) is 31.4 Å². The molecule has 104 valence electrons. The van der Waals surface area contributed by atoms with Crippen molar-refractivity contribution < 1.29 is 4.79 Å². The highest BCUT2D eigenvalue weighted by Gasteiger charge is 2.01. The van der Waals surface area contributed by atoms with Gasteiger partial charge in [0.25, 0.3) is 0 Å². The summed E-state index contributed by atoms with van der Waals surface area (Å²) in [6, 6.07) is 5.75. The van der Waals surface area contributed by atoms with Crippen LogP contribution < -0.4 is 10.6 Å². The fourth-order valence-electron chi connectivity index (χ4n) is 1.34. The van der Waals surface area contributed by atoms with Crippen LogP contribution in [0, 0.1) is 0 Å². The van der Waals surface area contributed by atoms with Gasteiger partial charge in [0.2, 0.25) is 5.91 Å². The molecule has 0 aliphatic heterocycles. The summed E-state index contributed by atoms with van der Waals surface area (Å²) in [5, 5.41) is 6.01. The average molecular weight is 294 g/mol. The van der Waals surface area contributed by atoms with E-state index in [1.165, 1.54) is 0 Å². The fraction of sp³-hybridized carbons (Fsp3) is 0.500. The van der Waals surface area contributed by atoms with E-state index in [4.69, 9.17) is 0 Å². The lowest BCUT2D eigenvalue weighted by Crippen LogP contribution is -2.31. The van der Waals surface area contributed by atoms with Crippen molar-refractivity contribution in [2.75, 3.05) is 19.6 Å². The lowest BCUT2D eigenvalue weighted by Gasteiger charge is -2.05. The van der Waals surface area contributed by atoms with Crippen molar-refractivity contribution in [2.24, 2.45) is 0 Å². The molecule has 0 saturated heterocycles. The van der Waals surface area contributed by atoms with Crippen molar-refractivity contribution in [3.63, 3.8) is 0 Å². The number of amides is 1. The van der Waals surface area contributed by atoms with E-state index < -0.39 is 0 Å². The van der Waals surface area contributed by atoms with Gasteiger partial charge in [0.05, 0.1) is 0 Å². The maximum absolute atomic E-state index is 11.4. The van der Waals surface area contributed by atoms with E-state index in [0.717, 1.165) is 18.8 Å². The molecule has 18 heavy (non-hydrogen) atoms. The largest absolute Gasteiger partial charge is 0.355 e. The number of rotatable bonds is 7. The molecule has 0 aromatic carbocycles. The number of aryl methyl sites for hydroxylation is 1. The number of aromatic nitrogens is 1. The molecule has 2 N–H and O–H groups in total. The molecule has 1 heterocycles. The van der Waals surface area contributed by atoms with Gasteiger partial charge in [-0.1, -0.05) is 13.0 Å². The minimum Gasteiger partial charge on any atom is -0.355 e. The van der Waals surface area contributed by atoms with Crippen molar-refractivity contribution in [3.05, 3.63) is 30.1 Å². The SMILES string of the molecule is CCNCCNC(=O)CCc1ccccn1.Cl.Cl. The van der Waals surface area contributed by atoms with Crippen LogP contribution in [0.25, 0.3) is 0 Å². The van der Waals surface area contributed by atoms with E-state index in [1.54, 1.807) is 6.20 Å². The number of likely N-dealkylation sites (N-methyl/N-ethyl adjacent to an activating group) is 1. The van der Waals surface area contributed by atoms with Crippen LogP contribution in [0.2, 0.25) is 0 Å². The molecule has 0 saturated carbocycles. The van der Waals surface area contributed by atoms with Crippen LogP contribution >= 0.6 is 24.8 Å². The van der Waals surface area contributed by atoms with Gasteiger partial charge in [-0.15, -0.1) is 24.8 Å². The predicted molar refractivity (Wildman–Crippen MR) is 78.6 cm³/mol. The highest BCUT2D eigenvalue weighted by atomic mass is 35.5. The normalized spacial score (nSPS) is 8.94. The average Bonchev–Trinajstić information content (AvgIpc) is 2.33. The Hall–Kier alpha value is -0.840. The monoisotopic (exact) mass is 293 g/mol. The van der Waals surface area contributed by atoms with Gasteiger partial charge in [-0.25, -0.2) is 0 Å². The van der Waals surface area contributed by atoms with Crippen molar-refractivity contribution in [2.45, 2.75) is 19.8 Å². The van der Waals surface area contributed by atoms with E-state index in [1.807, 2.05) is 25.1 Å². The molecule has 1 rings (SSSR count). The number of pyridine rings is 1. The Labute approximate surface area is 121 Å². The molecule has 0 atom stereocenters. The number of hydrogen-bond donors (Lipinski definition) is 2. The van der Waals surface area contributed by atoms with Crippen molar-refractivity contribution in [3.8, 4) is 0 Å². The number of nitrogens with one attached hydrogen (secondary N) is 2. The van der Waals surface area contributed by atoms with Crippen molar-refractivity contribution in [1.29, 1.82) is 0 Å². The smallest absolute Gasteiger partial charge is 0.220 e. The summed E-state index contributed by atoms with van der Waals surface area (Å²) in [6.45, 7) is 4.49. The molecule has 6 heteroatoms. The summed E-state index contributed by atoms with van der Waals surface area (Å²) in [7, 11) is 0. The standard InChI is InChI=1S/C12H19N3O.2ClH/c1-2-13-9-10-15-12(16)7-6-11-5-3-4-8-14-11;;/h3-5,8,13H,2,6-7,9-10H2,1H3,(H,15,16);2*1H. The Morgan fingerprint density at radius 1 is 1.28 bits per heavy atom. The summed E-state index contributed by atoms with van der Waals surface area (Å²) in [4.78, 5) is 15.6. The van der Waals surface area contributed by atoms with Crippen LogP contribution in [0.4, 0.5) is 0 Å². The molecule has 0 bridgehead atoms. The third-order valence-corrected chi connectivity index (χ3v) is 2.21. The van der Waals surface area contributed by atoms with Crippen LogP contribution in [-0.2, 0) is 11.2 Å². The van der Waals surface area contributed by atoms with Crippen LogP contribution in [0.15, 0.2) is 24.4 Å². The topological polar surface area (TPSA) is 54.0 Å². The van der Waals surface area contributed by atoms with Gasteiger partial charge < -0.3 is 10.6 Å². The second kappa shape index (κ2) is 12.6. The van der Waals surface area contributed by atoms with E-state index in [2.05, 4.69) is 15.6 Å². The molecule has 0 aliphatic carbocycles. The van der Waals surface area contributed by atoms with Gasteiger partial charge in [0.1, 0.15) is 0 Å². The molecular formula is C12H21Cl2N3O. The minimum atomic E-state index is 0. The Morgan fingerprint density at radius 3 is 2.67 bits per heavy atom. The zero-order valence-electron chi connectivity index (χ0n) is 10.5. The molecule has 1 amide bonds. The van der Waals surface area contributed by atoms with E-state index in [-0.39, 0.29) is 30.7 Å². The molecule has 0 radical (unpaired) electrons. The third-order valence-electron chi connectivity index (χ3n) is 2.21. The highest BCUT2D eigenvalue weighted by molar-refractivity contribution is 5.85. The first-order valence-electron chi connectivity index (χ1n) is 5.70. The highest BCUT2D eigenvalue weighted by Crippen LogP contribution is 1.97.